The lowest BCUT2D eigenvalue weighted by molar-refractivity contribution is 0.118. The number of carbonyl (C=O) groups excluding carboxylic acids is 1. The fraction of sp³-hybridized carbons (Fsp3) is 0.611. The quantitative estimate of drug-likeness (QED) is 0.790. The number of piperazine rings is 1. The van der Waals surface area contributed by atoms with E-state index in [1.54, 1.807) is 0 Å². The number of rotatable bonds is 3. The number of para-hydroxylation sites is 2. The van der Waals surface area contributed by atoms with E-state index >= 15 is 0 Å². The van der Waals surface area contributed by atoms with Crippen molar-refractivity contribution in [1.29, 1.82) is 0 Å². The van der Waals surface area contributed by atoms with Crippen molar-refractivity contribution in [2.24, 2.45) is 0 Å². The van der Waals surface area contributed by atoms with Crippen molar-refractivity contribution in [2.45, 2.75) is 37.8 Å². The van der Waals surface area contributed by atoms with Gasteiger partial charge in [-0.25, -0.2) is 4.79 Å². The highest BCUT2D eigenvalue weighted by atomic mass is 16.3. The maximum Gasteiger partial charge on any atom is 0.319 e. The van der Waals surface area contributed by atoms with E-state index < -0.39 is 0 Å². The van der Waals surface area contributed by atoms with Crippen molar-refractivity contribution in [3.63, 3.8) is 0 Å². The van der Waals surface area contributed by atoms with E-state index in [1.165, 1.54) is 0 Å². The number of hydrogen-bond acceptors (Lipinski definition) is 4. The summed E-state index contributed by atoms with van der Waals surface area (Å²) in [4.78, 5) is 17.0. The molecule has 6 heteroatoms. The molecule has 0 atom stereocenters. The molecule has 1 saturated carbocycles. The first kappa shape index (κ1) is 17.0. The third-order valence-corrected chi connectivity index (χ3v) is 5.03. The molecule has 0 unspecified atom stereocenters. The van der Waals surface area contributed by atoms with Gasteiger partial charge in [0.1, 0.15) is 0 Å². The number of hydrogen-bond donors (Lipinski definition) is 3. The summed E-state index contributed by atoms with van der Waals surface area (Å²) in [6.45, 7) is 4.00. The van der Waals surface area contributed by atoms with Gasteiger partial charge in [-0.1, -0.05) is 12.1 Å². The zero-order valence-electron chi connectivity index (χ0n) is 14.4. The standard InChI is InChI=1S/C18H28N4O2/c1-21-10-12-22(13-11-21)17-5-3-2-4-16(17)20-18(24)19-14-6-8-15(23)9-7-14/h2-5,14-15,23H,6-13H2,1H3,(H2,19,20,24). The van der Waals surface area contributed by atoms with Gasteiger partial charge in [0.15, 0.2) is 0 Å². The largest absolute Gasteiger partial charge is 0.393 e. The highest BCUT2D eigenvalue weighted by molar-refractivity contribution is 5.93. The van der Waals surface area contributed by atoms with Crippen LogP contribution >= 0.6 is 0 Å². The van der Waals surface area contributed by atoms with E-state index in [0.717, 1.165) is 63.2 Å². The number of nitrogens with zero attached hydrogens (tertiary/aromatic N) is 2. The zero-order valence-corrected chi connectivity index (χ0v) is 14.4. The second-order valence-electron chi connectivity index (χ2n) is 6.91. The van der Waals surface area contributed by atoms with Crippen LogP contribution in [0.1, 0.15) is 25.7 Å². The summed E-state index contributed by atoms with van der Waals surface area (Å²) in [6.07, 6.45) is 3.01. The molecule has 24 heavy (non-hydrogen) atoms. The first-order valence-corrected chi connectivity index (χ1v) is 8.90. The number of amides is 2. The molecule has 0 spiro atoms. The molecule has 2 fully saturated rings. The topological polar surface area (TPSA) is 67.8 Å². The summed E-state index contributed by atoms with van der Waals surface area (Å²) in [5.41, 5.74) is 1.94. The first-order valence-electron chi connectivity index (χ1n) is 8.90. The number of aliphatic hydroxyl groups excluding tert-OH is 1. The molecule has 0 bridgehead atoms. The van der Waals surface area contributed by atoms with E-state index in [1.807, 2.05) is 18.2 Å². The Morgan fingerprint density at radius 3 is 2.46 bits per heavy atom. The lowest BCUT2D eigenvalue weighted by atomic mass is 9.93. The average Bonchev–Trinajstić information content (AvgIpc) is 2.58. The number of anilines is 2. The molecule has 0 aromatic heterocycles. The Bertz CT molecular complexity index is 550. The van der Waals surface area contributed by atoms with Crippen molar-refractivity contribution in [3.05, 3.63) is 24.3 Å². The summed E-state index contributed by atoms with van der Waals surface area (Å²) in [7, 11) is 2.13. The molecule has 132 valence electrons. The Morgan fingerprint density at radius 2 is 1.75 bits per heavy atom. The third kappa shape index (κ3) is 4.39. The average molecular weight is 332 g/mol. The highest BCUT2D eigenvalue weighted by Gasteiger charge is 2.22. The van der Waals surface area contributed by atoms with Crippen molar-refractivity contribution in [1.82, 2.24) is 10.2 Å². The first-order chi connectivity index (χ1) is 11.6. The molecule has 3 N–H and O–H groups in total. The maximum atomic E-state index is 12.3. The van der Waals surface area contributed by atoms with Gasteiger partial charge < -0.3 is 25.5 Å². The van der Waals surface area contributed by atoms with Crippen LogP contribution in [0.25, 0.3) is 0 Å². The Morgan fingerprint density at radius 1 is 1.08 bits per heavy atom. The number of aliphatic hydroxyl groups is 1. The predicted molar refractivity (Wildman–Crippen MR) is 96.6 cm³/mol. The van der Waals surface area contributed by atoms with Crippen molar-refractivity contribution < 1.29 is 9.90 Å². The van der Waals surface area contributed by atoms with Crippen LogP contribution in [0, 0.1) is 0 Å². The van der Waals surface area contributed by atoms with Crippen molar-refractivity contribution >= 4 is 17.4 Å². The van der Waals surface area contributed by atoms with Gasteiger partial charge in [-0.05, 0) is 44.9 Å². The van der Waals surface area contributed by atoms with Gasteiger partial charge in [-0.2, -0.15) is 0 Å². The van der Waals surface area contributed by atoms with Gasteiger partial charge in [-0.3, -0.25) is 0 Å². The van der Waals surface area contributed by atoms with Crippen LogP contribution in [0.15, 0.2) is 24.3 Å². The molecule has 1 heterocycles. The van der Waals surface area contributed by atoms with Crippen molar-refractivity contribution in [2.75, 3.05) is 43.4 Å². The molecule has 1 aliphatic heterocycles. The van der Waals surface area contributed by atoms with Crippen LogP contribution in [0.2, 0.25) is 0 Å². The van der Waals surface area contributed by atoms with Crippen LogP contribution < -0.4 is 15.5 Å². The van der Waals surface area contributed by atoms with Gasteiger partial charge in [-0.15, -0.1) is 0 Å². The summed E-state index contributed by atoms with van der Waals surface area (Å²) < 4.78 is 0. The minimum absolute atomic E-state index is 0.155. The molecule has 6 nitrogen and oxygen atoms in total. The van der Waals surface area contributed by atoms with Gasteiger partial charge in [0, 0.05) is 32.2 Å². The van der Waals surface area contributed by atoms with Crippen molar-refractivity contribution in [3.8, 4) is 0 Å². The van der Waals surface area contributed by atoms with E-state index in [0.29, 0.717) is 0 Å². The van der Waals surface area contributed by atoms with Gasteiger partial charge in [0.25, 0.3) is 0 Å². The summed E-state index contributed by atoms with van der Waals surface area (Å²) >= 11 is 0. The van der Waals surface area contributed by atoms with Crippen LogP contribution in [0.5, 0.6) is 0 Å². The molecule has 0 radical (unpaired) electrons. The summed E-state index contributed by atoms with van der Waals surface area (Å²) in [5, 5.41) is 15.6. The molecular formula is C18H28N4O2. The second-order valence-corrected chi connectivity index (χ2v) is 6.91. The fourth-order valence-corrected chi connectivity index (χ4v) is 3.47. The molecule has 1 aliphatic carbocycles. The third-order valence-electron chi connectivity index (χ3n) is 5.03. The lowest BCUT2D eigenvalue weighted by Crippen LogP contribution is -2.45. The predicted octanol–water partition coefficient (Wildman–Crippen LogP) is 1.86. The van der Waals surface area contributed by atoms with Gasteiger partial charge >= 0.3 is 6.03 Å². The molecule has 3 rings (SSSR count). The normalized spacial score (nSPS) is 25.3. The van der Waals surface area contributed by atoms with E-state index in [4.69, 9.17) is 0 Å². The summed E-state index contributed by atoms with van der Waals surface area (Å²) in [6, 6.07) is 7.99. The van der Waals surface area contributed by atoms with Gasteiger partial charge in [0.2, 0.25) is 0 Å². The minimum Gasteiger partial charge on any atom is -0.393 e. The monoisotopic (exact) mass is 332 g/mol. The minimum atomic E-state index is -0.205. The fourth-order valence-electron chi connectivity index (χ4n) is 3.47. The smallest absolute Gasteiger partial charge is 0.319 e. The Hall–Kier alpha value is -1.79. The van der Waals surface area contributed by atoms with Crippen LogP contribution in [0.4, 0.5) is 16.2 Å². The Labute approximate surface area is 143 Å². The number of carbonyl (C=O) groups is 1. The van der Waals surface area contributed by atoms with Crippen LogP contribution in [-0.2, 0) is 0 Å². The lowest BCUT2D eigenvalue weighted by Gasteiger charge is -2.35. The van der Waals surface area contributed by atoms with Crippen LogP contribution in [0.3, 0.4) is 0 Å². The molecule has 1 saturated heterocycles. The number of likely N-dealkylation sites (N-methyl/N-ethyl adjacent to an activating group) is 1. The second kappa shape index (κ2) is 7.85. The Balaban J connectivity index is 1.59. The molecule has 2 amide bonds. The number of nitrogens with one attached hydrogen (secondary N) is 2. The molecular weight excluding hydrogens is 304 g/mol. The number of urea groups is 1. The molecule has 1 aromatic rings. The molecule has 2 aliphatic rings. The van der Waals surface area contributed by atoms with E-state index in [2.05, 4.69) is 33.5 Å². The van der Waals surface area contributed by atoms with Gasteiger partial charge in [0.05, 0.1) is 17.5 Å². The summed E-state index contributed by atoms with van der Waals surface area (Å²) in [5.74, 6) is 0. The number of benzene rings is 1. The van der Waals surface area contributed by atoms with E-state index in [-0.39, 0.29) is 18.2 Å². The SMILES string of the molecule is CN1CCN(c2ccccc2NC(=O)NC2CCC(O)CC2)CC1. The highest BCUT2D eigenvalue weighted by Crippen LogP contribution is 2.26. The maximum absolute atomic E-state index is 12.3. The zero-order chi connectivity index (χ0) is 16.9. The Kier molecular flexibility index (Phi) is 5.58. The molecule has 1 aromatic carbocycles. The van der Waals surface area contributed by atoms with E-state index in [9.17, 15) is 9.90 Å². The van der Waals surface area contributed by atoms with Crippen LogP contribution in [-0.4, -0.2) is 61.4 Å².